The zero-order valence-electron chi connectivity index (χ0n) is 14.2. The molecule has 0 saturated carbocycles. The van der Waals surface area contributed by atoms with Crippen LogP contribution in [0, 0.1) is 0 Å². The number of ether oxygens (including phenoxy) is 2. The lowest BCUT2D eigenvalue weighted by molar-refractivity contribution is 0.287. The molecule has 0 atom stereocenters. The number of hydrogen-bond donors (Lipinski definition) is 1. The van der Waals surface area contributed by atoms with Crippen molar-refractivity contribution in [3.05, 3.63) is 22.2 Å². The van der Waals surface area contributed by atoms with Gasteiger partial charge in [-0.3, -0.25) is 0 Å². The van der Waals surface area contributed by atoms with Gasteiger partial charge < -0.3 is 19.7 Å². The lowest BCUT2D eigenvalue weighted by Crippen LogP contribution is -2.31. The molecule has 0 aliphatic carbocycles. The van der Waals surface area contributed by atoms with Gasteiger partial charge in [-0.1, -0.05) is 36.7 Å². The fraction of sp³-hybridized carbons (Fsp3) is 0.647. The Bertz CT molecular complexity index is 437. The van der Waals surface area contributed by atoms with E-state index in [0.29, 0.717) is 6.61 Å². The number of likely N-dealkylation sites (N-methyl/N-ethyl adjacent to an activating group) is 1. The van der Waals surface area contributed by atoms with E-state index in [1.54, 1.807) is 7.11 Å². The number of halogens is 1. The highest BCUT2D eigenvalue weighted by Gasteiger charge is 2.14. The van der Waals surface area contributed by atoms with Gasteiger partial charge in [0.25, 0.3) is 0 Å². The van der Waals surface area contributed by atoms with E-state index in [0.717, 1.165) is 60.7 Å². The lowest BCUT2D eigenvalue weighted by Gasteiger charge is -2.19. The fourth-order valence-electron chi connectivity index (χ4n) is 2.26. The van der Waals surface area contributed by atoms with E-state index in [1.807, 2.05) is 12.1 Å². The van der Waals surface area contributed by atoms with Crippen LogP contribution in [0.25, 0.3) is 0 Å². The Morgan fingerprint density at radius 1 is 1.18 bits per heavy atom. The van der Waals surface area contributed by atoms with Gasteiger partial charge in [0.05, 0.1) is 13.7 Å². The third-order valence-electron chi connectivity index (χ3n) is 3.64. The van der Waals surface area contributed by atoms with Gasteiger partial charge in [-0.2, -0.15) is 0 Å². The molecule has 0 unspecified atom stereocenters. The molecule has 22 heavy (non-hydrogen) atoms. The molecule has 0 aliphatic rings. The largest absolute Gasteiger partial charge is 0.493 e. The van der Waals surface area contributed by atoms with Crippen molar-refractivity contribution >= 4 is 15.9 Å². The van der Waals surface area contributed by atoms with Crippen LogP contribution in [-0.2, 0) is 6.54 Å². The van der Waals surface area contributed by atoms with E-state index in [2.05, 4.69) is 46.9 Å². The Morgan fingerprint density at radius 2 is 1.91 bits per heavy atom. The van der Waals surface area contributed by atoms with Crippen LogP contribution in [0.15, 0.2) is 16.6 Å². The van der Waals surface area contributed by atoms with E-state index in [1.165, 1.54) is 0 Å². The van der Waals surface area contributed by atoms with Crippen LogP contribution in [0.1, 0.15) is 32.8 Å². The molecule has 1 rings (SSSR count). The summed E-state index contributed by atoms with van der Waals surface area (Å²) in [5.74, 6) is 1.63. The van der Waals surface area contributed by atoms with Crippen LogP contribution in [0.4, 0.5) is 0 Å². The highest BCUT2D eigenvalue weighted by atomic mass is 79.9. The second-order valence-electron chi connectivity index (χ2n) is 5.11. The molecule has 0 radical (unpaired) electrons. The Kier molecular flexibility index (Phi) is 9.52. The minimum Gasteiger partial charge on any atom is -0.493 e. The molecular weight excluding hydrogens is 344 g/mol. The first kappa shape index (κ1) is 19.3. The molecule has 0 spiro atoms. The monoisotopic (exact) mass is 372 g/mol. The highest BCUT2D eigenvalue weighted by Crippen LogP contribution is 2.36. The maximum absolute atomic E-state index is 5.90. The number of hydrogen-bond acceptors (Lipinski definition) is 4. The van der Waals surface area contributed by atoms with E-state index in [4.69, 9.17) is 9.47 Å². The Labute approximate surface area is 143 Å². The van der Waals surface area contributed by atoms with E-state index >= 15 is 0 Å². The summed E-state index contributed by atoms with van der Waals surface area (Å²) < 4.78 is 12.4. The summed E-state index contributed by atoms with van der Waals surface area (Å²) in [6.07, 6.45) is 0.977. The van der Waals surface area contributed by atoms with Crippen molar-refractivity contribution in [1.29, 1.82) is 0 Å². The molecule has 0 heterocycles. The predicted molar refractivity (Wildman–Crippen MR) is 96.0 cm³/mol. The second kappa shape index (κ2) is 10.9. The number of nitrogens with zero attached hydrogens (tertiary/aromatic N) is 1. The smallest absolute Gasteiger partial charge is 0.166 e. The minimum atomic E-state index is 0.694. The first-order valence-corrected chi connectivity index (χ1v) is 8.88. The third kappa shape index (κ3) is 5.78. The molecule has 0 amide bonds. The molecule has 0 saturated heterocycles. The second-order valence-corrected chi connectivity index (χ2v) is 5.96. The van der Waals surface area contributed by atoms with E-state index < -0.39 is 0 Å². The average molecular weight is 373 g/mol. The quantitative estimate of drug-likeness (QED) is 0.600. The highest BCUT2D eigenvalue weighted by molar-refractivity contribution is 9.10. The number of methoxy groups -OCH3 is 1. The van der Waals surface area contributed by atoms with Gasteiger partial charge >= 0.3 is 0 Å². The van der Waals surface area contributed by atoms with Crippen molar-refractivity contribution in [1.82, 2.24) is 10.2 Å². The Balaban J connectivity index is 2.71. The van der Waals surface area contributed by atoms with E-state index in [9.17, 15) is 0 Å². The molecule has 0 bridgehead atoms. The molecule has 0 aliphatic heterocycles. The summed E-state index contributed by atoms with van der Waals surface area (Å²) >= 11 is 3.62. The van der Waals surface area contributed by atoms with Crippen LogP contribution < -0.4 is 14.8 Å². The molecule has 126 valence electrons. The normalized spacial score (nSPS) is 11.0. The maximum atomic E-state index is 5.90. The van der Waals surface area contributed by atoms with Crippen LogP contribution >= 0.6 is 15.9 Å². The number of nitrogens with one attached hydrogen (secondary N) is 1. The van der Waals surface area contributed by atoms with Gasteiger partial charge in [0, 0.05) is 29.7 Å². The van der Waals surface area contributed by atoms with Crippen LogP contribution in [-0.4, -0.2) is 44.8 Å². The summed E-state index contributed by atoms with van der Waals surface area (Å²) in [7, 11) is 1.68. The molecule has 1 N–H and O–H groups in total. The minimum absolute atomic E-state index is 0.694. The molecular formula is C17H29BrN2O2. The summed E-state index contributed by atoms with van der Waals surface area (Å²) in [6, 6.07) is 3.95. The zero-order valence-corrected chi connectivity index (χ0v) is 15.8. The molecule has 0 aromatic heterocycles. The molecule has 0 fully saturated rings. The predicted octanol–water partition coefficient (Wildman–Crippen LogP) is 3.68. The van der Waals surface area contributed by atoms with Gasteiger partial charge in [0.1, 0.15) is 0 Å². The van der Waals surface area contributed by atoms with Crippen LogP contribution in [0.5, 0.6) is 11.5 Å². The standard InChI is InChI=1S/C17H29BrN2O2/c1-5-12-22-17-14(15(18)8-9-16(17)21-4)13-19-10-11-20(6-2)7-3/h8-9,19H,5-7,10-13H2,1-4H3. The van der Waals surface area contributed by atoms with Crippen molar-refractivity contribution < 1.29 is 9.47 Å². The molecule has 4 nitrogen and oxygen atoms in total. The third-order valence-corrected chi connectivity index (χ3v) is 4.38. The molecule has 1 aromatic rings. The van der Waals surface area contributed by atoms with Crippen LogP contribution in [0.2, 0.25) is 0 Å². The van der Waals surface area contributed by atoms with E-state index in [-0.39, 0.29) is 0 Å². The SMILES string of the molecule is CCCOc1c(OC)ccc(Br)c1CNCCN(CC)CC. The van der Waals surface area contributed by atoms with Crippen molar-refractivity contribution in [2.75, 3.05) is 39.9 Å². The summed E-state index contributed by atoms with van der Waals surface area (Å²) in [5.41, 5.74) is 1.12. The van der Waals surface area contributed by atoms with Gasteiger partial charge in [-0.05, 0) is 31.6 Å². The van der Waals surface area contributed by atoms with Crippen molar-refractivity contribution in [2.45, 2.75) is 33.7 Å². The van der Waals surface area contributed by atoms with Gasteiger partial charge in [0.2, 0.25) is 0 Å². The number of rotatable bonds is 11. The Morgan fingerprint density at radius 3 is 2.50 bits per heavy atom. The fourth-order valence-corrected chi connectivity index (χ4v) is 2.71. The zero-order chi connectivity index (χ0) is 16.4. The molecule has 1 aromatic carbocycles. The molecule has 5 heteroatoms. The average Bonchev–Trinajstić information content (AvgIpc) is 2.54. The first-order chi connectivity index (χ1) is 10.7. The lowest BCUT2D eigenvalue weighted by atomic mass is 10.2. The maximum Gasteiger partial charge on any atom is 0.166 e. The Hall–Kier alpha value is -0.780. The van der Waals surface area contributed by atoms with Crippen LogP contribution in [0.3, 0.4) is 0 Å². The first-order valence-electron chi connectivity index (χ1n) is 8.09. The van der Waals surface area contributed by atoms with Crippen molar-refractivity contribution in [3.8, 4) is 11.5 Å². The topological polar surface area (TPSA) is 33.7 Å². The van der Waals surface area contributed by atoms with Gasteiger partial charge in [0.15, 0.2) is 11.5 Å². The number of benzene rings is 1. The summed E-state index contributed by atoms with van der Waals surface area (Å²) in [5, 5.41) is 3.50. The van der Waals surface area contributed by atoms with Gasteiger partial charge in [-0.15, -0.1) is 0 Å². The summed E-state index contributed by atoms with van der Waals surface area (Å²) in [4.78, 5) is 2.40. The summed E-state index contributed by atoms with van der Waals surface area (Å²) in [6.45, 7) is 12.1. The van der Waals surface area contributed by atoms with Gasteiger partial charge in [-0.25, -0.2) is 0 Å². The van der Waals surface area contributed by atoms with Crippen molar-refractivity contribution in [2.24, 2.45) is 0 Å². The van der Waals surface area contributed by atoms with Crippen molar-refractivity contribution in [3.63, 3.8) is 0 Å².